The van der Waals surface area contributed by atoms with Gasteiger partial charge in [-0.3, -0.25) is 10.1 Å². The molecule has 0 saturated heterocycles. The second kappa shape index (κ2) is 4.83. The average Bonchev–Trinajstić information content (AvgIpc) is 2.81. The van der Waals surface area contributed by atoms with E-state index in [0.29, 0.717) is 16.1 Å². The van der Waals surface area contributed by atoms with Gasteiger partial charge in [-0.25, -0.2) is 9.97 Å². The summed E-state index contributed by atoms with van der Waals surface area (Å²) in [7, 11) is 1.64. The summed E-state index contributed by atoms with van der Waals surface area (Å²) in [5, 5.41) is 14.3. The van der Waals surface area contributed by atoms with E-state index in [4.69, 9.17) is 4.42 Å². The fourth-order valence-electron chi connectivity index (χ4n) is 1.13. The Kier molecular flexibility index (Phi) is 3.24. The summed E-state index contributed by atoms with van der Waals surface area (Å²) < 4.78 is 5.03. The van der Waals surface area contributed by atoms with E-state index in [1.807, 2.05) is 0 Å². The van der Waals surface area contributed by atoms with Gasteiger partial charge >= 0.3 is 0 Å². The lowest BCUT2D eigenvalue weighted by atomic mass is 10.4. The van der Waals surface area contributed by atoms with Crippen molar-refractivity contribution < 1.29 is 9.34 Å². The van der Waals surface area contributed by atoms with Crippen molar-refractivity contribution in [3.05, 3.63) is 34.7 Å². The van der Waals surface area contributed by atoms with Crippen LogP contribution in [0.15, 0.2) is 39.3 Å². The first-order chi connectivity index (χ1) is 8.19. The van der Waals surface area contributed by atoms with Gasteiger partial charge in [0.1, 0.15) is 17.1 Å². The molecule has 0 aliphatic carbocycles. The van der Waals surface area contributed by atoms with Crippen LogP contribution in [0.25, 0.3) is 0 Å². The van der Waals surface area contributed by atoms with Crippen LogP contribution >= 0.6 is 11.8 Å². The molecule has 0 aromatic carbocycles. The Hall–Kier alpha value is -2.09. The fraction of sp³-hybridized carbons (Fsp3) is 0.111. The molecule has 0 amide bonds. The lowest BCUT2D eigenvalue weighted by Gasteiger charge is -2.02. The monoisotopic (exact) mass is 252 g/mol. The molecule has 2 aromatic heterocycles. The molecule has 0 aliphatic heterocycles. The van der Waals surface area contributed by atoms with Crippen molar-refractivity contribution in [2.45, 2.75) is 10.2 Å². The predicted octanol–water partition coefficient (Wildman–Crippen LogP) is 2.17. The molecule has 88 valence electrons. The third-order valence-corrected chi connectivity index (χ3v) is 2.65. The average molecular weight is 252 g/mol. The van der Waals surface area contributed by atoms with Gasteiger partial charge in [0.15, 0.2) is 0 Å². The Morgan fingerprint density at radius 1 is 1.53 bits per heavy atom. The van der Waals surface area contributed by atoms with Crippen molar-refractivity contribution in [3.8, 4) is 0 Å². The number of pyridine rings is 1. The topological polar surface area (TPSA) is 94.1 Å². The third kappa shape index (κ3) is 2.72. The van der Waals surface area contributed by atoms with Crippen LogP contribution < -0.4 is 5.32 Å². The van der Waals surface area contributed by atoms with E-state index in [1.54, 1.807) is 7.05 Å². The highest BCUT2D eigenvalue weighted by atomic mass is 32.2. The number of oxazole rings is 1. The molecular formula is C9H8N4O3S. The largest absolute Gasteiger partial charge is 0.440 e. The van der Waals surface area contributed by atoms with Crippen LogP contribution in [0.3, 0.4) is 0 Å². The third-order valence-electron chi connectivity index (χ3n) is 1.86. The standard InChI is InChI=1S/C9H8N4O3S/c1-10-7-4-6(13(14)15)5-8(12-7)17-9-11-2-3-16-9/h2-5H,1H3,(H,10,12). The van der Waals surface area contributed by atoms with Gasteiger partial charge in [0, 0.05) is 13.1 Å². The van der Waals surface area contributed by atoms with E-state index < -0.39 is 4.92 Å². The van der Waals surface area contributed by atoms with Crippen LogP contribution in [0, 0.1) is 10.1 Å². The van der Waals surface area contributed by atoms with Gasteiger partial charge in [0.2, 0.25) is 0 Å². The Morgan fingerprint density at radius 3 is 2.94 bits per heavy atom. The maximum Gasteiger partial charge on any atom is 0.275 e. The van der Waals surface area contributed by atoms with Gasteiger partial charge in [0.05, 0.1) is 17.2 Å². The van der Waals surface area contributed by atoms with Crippen LogP contribution in [0.2, 0.25) is 0 Å². The number of nitrogens with one attached hydrogen (secondary N) is 1. The zero-order valence-corrected chi connectivity index (χ0v) is 9.60. The first kappa shape index (κ1) is 11.4. The number of aromatic nitrogens is 2. The number of anilines is 1. The fourth-order valence-corrected chi connectivity index (χ4v) is 1.85. The minimum absolute atomic E-state index is 0.0293. The molecule has 0 spiro atoms. The second-order valence-electron chi connectivity index (χ2n) is 2.96. The molecule has 0 aliphatic rings. The van der Waals surface area contributed by atoms with Crippen LogP contribution in [-0.2, 0) is 0 Å². The Morgan fingerprint density at radius 2 is 2.35 bits per heavy atom. The molecule has 0 atom stereocenters. The summed E-state index contributed by atoms with van der Waals surface area (Å²) in [4.78, 5) is 18.3. The molecule has 0 bridgehead atoms. The van der Waals surface area contributed by atoms with E-state index in [-0.39, 0.29) is 5.69 Å². The van der Waals surface area contributed by atoms with Crippen molar-refractivity contribution in [2.24, 2.45) is 0 Å². The van der Waals surface area contributed by atoms with Crippen molar-refractivity contribution in [1.29, 1.82) is 0 Å². The minimum Gasteiger partial charge on any atom is -0.440 e. The molecule has 0 radical (unpaired) electrons. The summed E-state index contributed by atoms with van der Waals surface area (Å²) in [6.45, 7) is 0. The quantitative estimate of drug-likeness (QED) is 0.658. The first-order valence-electron chi connectivity index (χ1n) is 4.60. The molecule has 1 N–H and O–H groups in total. The number of hydrogen-bond donors (Lipinski definition) is 1. The highest BCUT2D eigenvalue weighted by Crippen LogP contribution is 2.28. The van der Waals surface area contributed by atoms with Crippen LogP contribution in [-0.4, -0.2) is 21.9 Å². The lowest BCUT2D eigenvalue weighted by Crippen LogP contribution is -1.96. The van der Waals surface area contributed by atoms with E-state index in [0.717, 1.165) is 11.8 Å². The molecular weight excluding hydrogens is 244 g/mol. The number of nitro groups is 1. The van der Waals surface area contributed by atoms with Crippen molar-refractivity contribution in [3.63, 3.8) is 0 Å². The summed E-state index contributed by atoms with van der Waals surface area (Å²) in [6, 6.07) is 2.73. The van der Waals surface area contributed by atoms with Crippen LogP contribution in [0.5, 0.6) is 0 Å². The van der Waals surface area contributed by atoms with Gasteiger partial charge in [-0.15, -0.1) is 0 Å². The van der Waals surface area contributed by atoms with Crippen LogP contribution in [0.4, 0.5) is 11.5 Å². The highest BCUT2D eigenvalue weighted by Gasteiger charge is 2.12. The molecule has 8 heteroatoms. The number of hydrogen-bond acceptors (Lipinski definition) is 7. The molecule has 0 saturated carbocycles. The lowest BCUT2D eigenvalue weighted by molar-refractivity contribution is -0.385. The van der Waals surface area contributed by atoms with Crippen molar-refractivity contribution in [1.82, 2.24) is 9.97 Å². The molecule has 0 fully saturated rings. The zero-order chi connectivity index (χ0) is 12.3. The molecule has 17 heavy (non-hydrogen) atoms. The summed E-state index contributed by atoms with van der Waals surface area (Å²) in [5.74, 6) is 0.424. The summed E-state index contributed by atoms with van der Waals surface area (Å²) >= 11 is 1.12. The molecule has 2 rings (SSSR count). The Bertz CT molecular complexity index is 529. The maximum absolute atomic E-state index is 10.7. The first-order valence-corrected chi connectivity index (χ1v) is 5.42. The normalized spacial score (nSPS) is 10.2. The Labute approximate surface area is 100 Å². The minimum atomic E-state index is -0.470. The van der Waals surface area contributed by atoms with E-state index in [9.17, 15) is 10.1 Å². The van der Waals surface area contributed by atoms with E-state index in [1.165, 1.54) is 24.6 Å². The van der Waals surface area contributed by atoms with E-state index in [2.05, 4.69) is 15.3 Å². The molecule has 0 unspecified atom stereocenters. The summed E-state index contributed by atoms with van der Waals surface area (Å²) in [6.07, 6.45) is 2.93. The molecule has 2 heterocycles. The van der Waals surface area contributed by atoms with Gasteiger partial charge in [0.25, 0.3) is 10.9 Å². The number of rotatable bonds is 4. The van der Waals surface area contributed by atoms with Gasteiger partial charge in [-0.05, 0) is 11.8 Å². The smallest absolute Gasteiger partial charge is 0.275 e. The molecule has 2 aromatic rings. The van der Waals surface area contributed by atoms with Crippen molar-refractivity contribution in [2.75, 3.05) is 12.4 Å². The highest BCUT2D eigenvalue weighted by molar-refractivity contribution is 7.99. The van der Waals surface area contributed by atoms with Gasteiger partial charge < -0.3 is 9.73 Å². The molecule has 7 nitrogen and oxygen atoms in total. The Balaban J connectivity index is 2.33. The van der Waals surface area contributed by atoms with Gasteiger partial charge in [-0.2, -0.15) is 0 Å². The van der Waals surface area contributed by atoms with Crippen molar-refractivity contribution >= 4 is 23.3 Å². The summed E-state index contributed by atoms with van der Waals surface area (Å²) in [5.41, 5.74) is -0.0293. The predicted molar refractivity (Wildman–Crippen MR) is 61.1 cm³/mol. The zero-order valence-electron chi connectivity index (χ0n) is 8.78. The number of nitrogens with zero attached hydrogens (tertiary/aromatic N) is 3. The van der Waals surface area contributed by atoms with E-state index >= 15 is 0 Å². The SMILES string of the molecule is CNc1cc([N+](=O)[O-])cc(Sc2ncco2)n1. The second-order valence-corrected chi connectivity index (χ2v) is 3.93. The van der Waals surface area contributed by atoms with Crippen LogP contribution in [0.1, 0.15) is 0 Å². The maximum atomic E-state index is 10.7. The van der Waals surface area contributed by atoms with Gasteiger partial charge in [-0.1, -0.05) is 0 Å².